The average molecular weight is 358 g/mol. The quantitative estimate of drug-likeness (QED) is 0.856. The van der Waals surface area contributed by atoms with Gasteiger partial charge in [-0.25, -0.2) is 4.98 Å². The zero-order valence-electron chi connectivity index (χ0n) is 15.7. The molecule has 1 aromatic rings. The number of anilines is 1. The van der Waals surface area contributed by atoms with Crippen LogP contribution in [-0.2, 0) is 16.1 Å². The number of fused-ring (bicyclic) bond motifs is 2. The maximum atomic E-state index is 12.6. The van der Waals surface area contributed by atoms with E-state index in [9.17, 15) is 4.79 Å². The number of ether oxygens (including phenoxy) is 1. The van der Waals surface area contributed by atoms with Crippen molar-refractivity contribution in [1.82, 2.24) is 10.3 Å². The fourth-order valence-electron chi connectivity index (χ4n) is 5.11. The fraction of sp³-hybridized carbons (Fsp3) is 0.700. The summed E-state index contributed by atoms with van der Waals surface area (Å²) in [5.41, 5.74) is 7.29. The SMILES string of the molecule is CC1CN(c2ccc(CNC(=O)C3C4CCC(C4)C3N)cn2)CC(C)O1. The highest BCUT2D eigenvalue weighted by Crippen LogP contribution is 2.47. The molecule has 6 unspecified atom stereocenters. The van der Waals surface area contributed by atoms with Crippen molar-refractivity contribution in [3.63, 3.8) is 0 Å². The molecule has 3 fully saturated rings. The number of nitrogens with one attached hydrogen (secondary N) is 1. The highest BCUT2D eigenvalue weighted by molar-refractivity contribution is 5.80. The molecule has 0 radical (unpaired) electrons. The van der Waals surface area contributed by atoms with Gasteiger partial charge in [0.1, 0.15) is 5.82 Å². The van der Waals surface area contributed by atoms with E-state index in [1.165, 1.54) is 6.42 Å². The number of pyridine rings is 1. The van der Waals surface area contributed by atoms with Crippen molar-refractivity contribution in [2.75, 3.05) is 18.0 Å². The van der Waals surface area contributed by atoms with Crippen LogP contribution in [0.25, 0.3) is 0 Å². The van der Waals surface area contributed by atoms with E-state index in [4.69, 9.17) is 10.5 Å². The first kappa shape index (κ1) is 17.7. The number of carbonyl (C=O) groups is 1. The largest absolute Gasteiger partial charge is 0.372 e. The van der Waals surface area contributed by atoms with Gasteiger partial charge in [0.2, 0.25) is 5.91 Å². The summed E-state index contributed by atoms with van der Waals surface area (Å²) >= 11 is 0. The molecule has 2 heterocycles. The second-order valence-corrected chi connectivity index (χ2v) is 8.34. The molecule has 0 aromatic carbocycles. The van der Waals surface area contributed by atoms with Gasteiger partial charge in [0.15, 0.2) is 0 Å². The molecule has 2 saturated carbocycles. The number of amides is 1. The lowest BCUT2D eigenvalue weighted by atomic mass is 9.84. The minimum Gasteiger partial charge on any atom is -0.372 e. The van der Waals surface area contributed by atoms with E-state index in [-0.39, 0.29) is 30.1 Å². The van der Waals surface area contributed by atoms with Crippen LogP contribution in [-0.4, -0.2) is 42.2 Å². The van der Waals surface area contributed by atoms with Gasteiger partial charge < -0.3 is 20.7 Å². The number of hydrogen-bond acceptors (Lipinski definition) is 5. The molecule has 4 rings (SSSR count). The predicted molar refractivity (Wildman–Crippen MR) is 101 cm³/mol. The molecule has 1 aliphatic heterocycles. The van der Waals surface area contributed by atoms with Crippen LogP contribution in [0.1, 0.15) is 38.7 Å². The van der Waals surface area contributed by atoms with Gasteiger partial charge in [0.05, 0.1) is 18.1 Å². The van der Waals surface area contributed by atoms with E-state index in [1.54, 1.807) is 0 Å². The topological polar surface area (TPSA) is 80.5 Å². The maximum Gasteiger partial charge on any atom is 0.225 e. The van der Waals surface area contributed by atoms with E-state index in [1.807, 2.05) is 18.3 Å². The van der Waals surface area contributed by atoms with Crippen LogP contribution < -0.4 is 16.0 Å². The van der Waals surface area contributed by atoms with Gasteiger partial charge in [-0.15, -0.1) is 0 Å². The van der Waals surface area contributed by atoms with Gasteiger partial charge >= 0.3 is 0 Å². The van der Waals surface area contributed by atoms with Crippen LogP contribution in [0.5, 0.6) is 0 Å². The Hall–Kier alpha value is -1.66. The summed E-state index contributed by atoms with van der Waals surface area (Å²) in [4.78, 5) is 19.4. The van der Waals surface area contributed by atoms with E-state index < -0.39 is 0 Å². The molecule has 1 saturated heterocycles. The zero-order valence-corrected chi connectivity index (χ0v) is 15.7. The van der Waals surface area contributed by atoms with Crippen LogP contribution in [0.4, 0.5) is 5.82 Å². The van der Waals surface area contributed by atoms with Crippen molar-refractivity contribution in [3.05, 3.63) is 23.9 Å². The zero-order chi connectivity index (χ0) is 18.3. The molecule has 6 nitrogen and oxygen atoms in total. The fourth-order valence-corrected chi connectivity index (χ4v) is 5.11. The number of nitrogens with zero attached hydrogens (tertiary/aromatic N) is 2. The smallest absolute Gasteiger partial charge is 0.225 e. The van der Waals surface area contributed by atoms with Crippen LogP contribution in [0.2, 0.25) is 0 Å². The molecule has 142 valence electrons. The number of carbonyl (C=O) groups excluding carboxylic acids is 1. The third-order valence-corrected chi connectivity index (χ3v) is 6.30. The summed E-state index contributed by atoms with van der Waals surface area (Å²) in [6, 6.07) is 4.13. The van der Waals surface area contributed by atoms with Crippen molar-refractivity contribution in [1.29, 1.82) is 0 Å². The van der Waals surface area contributed by atoms with Gasteiger partial charge in [-0.05, 0) is 56.6 Å². The molecular weight excluding hydrogens is 328 g/mol. The second kappa shape index (κ2) is 7.16. The van der Waals surface area contributed by atoms with E-state index in [0.29, 0.717) is 18.4 Å². The maximum absolute atomic E-state index is 12.6. The average Bonchev–Trinajstić information content (AvgIpc) is 3.20. The van der Waals surface area contributed by atoms with Gasteiger partial charge in [-0.1, -0.05) is 6.07 Å². The Bertz CT molecular complexity index is 638. The lowest BCUT2D eigenvalue weighted by Crippen LogP contribution is -2.46. The summed E-state index contributed by atoms with van der Waals surface area (Å²) in [6.07, 6.45) is 5.77. The molecule has 6 heteroatoms. The molecule has 3 aliphatic rings. The number of nitrogens with two attached hydrogens (primary N) is 1. The van der Waals surface area contributed by atoms with Crippen molar-refractivity contribution in [2.24, 2.45) is 23.5 Å². The van der Waals surface area contributed by atoms with Crippen LogP contribution in [0.15, 0.2) is 18.3 Å². The normalized spacial score (nSPS) is 36.3. The van der Waals surface area contributed by atoms with Gasteiger partial charge in [-0.2, -0.15) is 0 Å². The van der Waals surface area contributed by atoms with Gasteiger partial charge in [0, 0.05) is 31.9 Å². The van der Waals surface area contributed by atoms with E-state index in [2.05, 4.69) is 29.0 Å². The monoisotopic (exact) mass is 358 g/mol. The Labute approximate surface area is 155 Å². The molecular formula is C20H30N4O2. The summed E-state index contributed by atoms with van der Waals surface area (Å²) in [5, 5.41) is 3.08. The Morgan fingerprint density at radius 3 is 2.62 bits per heavy atom. The summed E-state index contributed by atoms with van der Waals surface area (Å²) in [5.74, 6) is 2.12. The molecule has 6 atom stereocenters. The van der Waals surface area contributed by atoms with Gasteiger partial charge in [-0.3, -0.25) is 4.79 Å². The lowest BCUT2D eigenvalue weighted by molar-refractivity contribution is -0.127. The molecule has 1 amide bonds. The van der Waals surface area contributed by atoms with Crippen LogP contribution in [0.3, 0.4) is 0 Å². The first-order valence-corrected chi connectivity index (χ1v) is 9.90. The number of hydrogen-bond donors (Lipinski definition) is 2. The van der Waals surface area contributed by atoms with Crippen molar-refractivity contribution < 1.29 is 9.53 Å². The minimum atomic E-state index is -0.00249. The standard InChI is InChI=1S/C20H30N4O2/c1-12-10-24(11-13(2)26-12)17-6-3-14(8-22-17)9-23-20(25)18-15-4-5-16(7-15)19(18)21/h3,6,8,12-13,15-16,18-19H,4-5,7,9-11,21H2,1-2H3,(H,23,25). The first-order chi connectivity index (χ1) is 12.5. The number of rotatable bonds is 4. The summed E-state index contributed by atoms with van der Waals surface area (Å²) in [7, 11) is 0. The molecule has 2 bridgehead atoms. The van der Waals surface area contributed by atoms with Crippen molar-refractivity contribution >= 4 is 11.7 Å². The van der Waals surface area contributed by atoms with Crippen molar-refractivity contribution in [3.8, 4) is 0 Å². The van der Waals surface area contributed by atoms with E-state index >= 15 is 0 Å². The van der Waals surface area contributed by atoms with Crippen LogP contribution in [0, 0.1) is 17.8 Å². The number of morpholine rings is 1. The minimum absolute atomic E-state index is 0.00249. The molecule has 26 heavy (non-hydrogen) atoms. The third kappa shape index (κ3) is 3.45. The predicted octanol–water partition coefficient (Wildman–Crippen LogP) is 1.68. The lowest BCUT2D eigenvalue weighted by Gasteiger charge is -2.36. The van der Waals surface area contributed by atoms with E-state index in [0.717, 1.165) is 37.3 Å². The second-order valence-electron chi connectivity index (χ2n) is 8.34. The Balaban J connectivity index is 1.32. The summed E-state index contributed by atoms with van der Waals surface area (Å²) < 4.78 is 5.78. The summed E-state index contributed by atoms with van der Waals surface area (Å²) in [6.45, 7) is 6.41. The molecule has 3 N–H and O–H groups in total. The third-order valence-electron chi connectivity index (χ3n) is 6.30. The number of aromatic nitrogens is 1. The molecule has 1 aromatic heterocycles. The molecule has 2 aliphatic carbocycles. The van der Waals surface area contributed by atoms with Crippen LogP contribution >= 0.6 is 0 Å². The first-order valence-electron chi connectivity index (χ1n) is 9.90. The Morgan fingerprint density at radius 1 is 1.27 bits per heavy atom. The van der Waals surface area contributed by atoms with Gasteiger partial charge in [0.25, 0.3) is 0 Å². The Kier molecular flexibility index (Phi) is 4.88. The molecule has 0 spiro atoms. The highest BCUT2D eigenvalue weighted by Gasteiger charge is 2.48. The van der Waals surface area contributed by atoms with Crippen molar-refractivity contribution in [2.45, 2.75) is 57.9 Å². The Morgan fingerprint density at radius 2 is 2.00 bits per heavy atom. The highest BCUT2D eigenvalue weighted by atomic mass is 16.5.